The summed E-state index contributed by atoms with van der Waals surface area (Å²) >= 11 is 0. The number of rotatable bonds is 5. The maximum absolute atomic E-state index is 12.1. The summed E-state index contributed by atoms with van der Waals surface area (Å²) in [5, 5.41) is 3.09. The predicted molar refractivity (Wildman–Crippen MR) is 78.6 cm³/mol. The molecule has 0 aliphatic carbocycles. The van der Waals surface area contributed by atoms with Crippen LogP contribution in [0.1, 0.15) is 34.1 Å². The third kappa shape index (κ3) is 3.19. The fourth-order valence-electron chi connectivity index (χ4n) is 1.81. The number of aromatic nitrogens is 2. The topological polar surface area (TPSA) is 82.0 Å². The molecule has 0 aliphatic rings. The summed E-state index contributed by atoms with van der Waals surface area (Å²) in [6, 6.07) is 0.125. The maximum atomic E-state index is 12.1. The molecule has 1 unspecified atom stereocenters. The minimum Gasteiger partial charge on any atom is -0.383 e. The Hall–Kier alpha value is -1.72. The summed E-state index contributed by atoms with van der Waals surface area (Å²) in [4.78, 5) is 24.2. The molecule has 0 amide bonds. The average Bonchev–Trinajstić information content (AvgIpc) is 2.36. The molecule has 6 nitrogen and oxygen atoms in total. The van der Waals surface area contributed by atoms with Crippen LogP contribution < -0.4 is 22.3 Å². The highest BCUT2D eigenvalue weighted by Crippen LogP contribution is 2.14. The summed E-state index contributed by atoms with van der Waals surface area (Å²) in [7, 11) is 1.47. The minimum absolute atomic E-state index is 0.125. The molecule has 1 atom stereocenters. The highest BCUT2D eigenvalue weighted by molar-refractivity contribution is 5.61. The van der Waals surface area contributed by atoms with Crippen LogP contribution in [0, 0.1) is 5.92 Å². The maximum Gasteiger partial charge on any atom is 0.332 e. The van der Waals surface area contributed by atoms with Crippen molar-refractivity contribution >= 4 is 11.5 Å². The zero-order chi connectivity index (χ0) is 14.7. The highest BCUT2D eigenvalue weighted by atomic mass is 16.2. The van der Waals surface area contributed by atoms with E-state index < -0.39 is 0 Å². The van der Waals surface area contributed by atoms with Gasteiger partial charge in [-0.2, -0.15) is 0 Å². The summed E-state index contributed by atoms with van der Waals surface area (Å²) in [5.74, 6) is 0.496. The first-order valence-corrected chi connectivity index (χ1v) is 6.65. The van der Waals surface area contributed by atoms with Crippen molar-refractivity contribution in [2.45, 2.75) is 46.7 Å². The largest absolute Gasteiger partial charge is 0.383 e. The van der Waals surface area contributed by atoms with Gasteiger partial charge in [0.25, 0.3) is 5.56 Å². The van der Waals surface area contributed by atoms with Gasteiger partial charge in [0, 0.05) is 19.6 Å². The lowest BCUT2D eigenvalue weighted by molar-refractivity contribution is 0.494. The smallest absolute Gasteiger partial charge is 0.332 e. The van der Waals surface area contributed by atoms with Crippen LogP contribution in [0.15, 0.2) is 9.59 Å². The van der Waals surface area contributed by atoms with Crippen LogP contribution in [0.25, 0.3) is 0 Å². The Labute approximate surface area is 113 Å². The van der Waals surface area contributed by atoms with Crippen LogP contribution in [-0.2, 0) is 13.6 Å². The first-order chi connectivity index (χ1) is 8.79. The Morgan fingerprint density at radius 1 is 1.26 bits per heavy atom. The van der Waals surface area contributed by atoms with Crippen LogP contribution in [0.5, 0.6) is 0 Å². The third-order valence-electron chi connectivity index (χ3n) is 3.13. The lowest BCUT2D eigenvalue weighted by atomic mass is 10.2. The second-order valence-corrected chi connectivity index (χ2v) is 5.37. The average molecular weight is 268 g/mol. The van der Waals surface area contributed by atoms with Gasteiger partial charge in [0.1, 0.15) is 11.5 Å². The van der Waals surface area contributed by atoms with E-state index in [9.17, 15) is 9.59 Å². The van der Waals surface area contributed by atoms with Crippen LogP contribution in [0.2, 0.25) is 0 Å². The number of nitrogens with zero attached hydrogens (tertiary/aromatic N) is 2. The highest BCUT2D eigenvalue weighted by Gasteiger charge is 2.16. The van der Waals surface area contributed by atoms with Crippen molar-refractivity contribution in [2.24, 2.45) is 13.0 Å². The standard InChI is InChI=1S/C13H24N4O2/c1-6-9(4)15-10-11(14)17(7-8(2)3)13(19)16(5)12(10)18/h8-9,15H,6-7,14H2,1-5H3. The van der Waals surface area contributed by atoms with Crippen molar-refractivity contribution in [2.75, 3.05) is 11.1 Å². The monoisotopic (exact) mass is 268 g/mol. The van der Waals surface area contributed by atoms with Gasteiger partial charge in [0.05, 0.1) is 0 Å². The van der Waals surface area contributed by atoms with Gasteiger partial charge in [-0.05, 0) is 19.3 Å². The Balaban J connectivity index is 3.43. The summed E-state index contributed by atoms with van der Waals surface area (Å²) < 4.78 is 2.56. The van der Waals surface area contributed by atoms with Gasteiger partial charge in [-0.25, -0.2) is 4.79 Å². The minimum atomic E-state index is -0.372. The molecule has 0 bridgehead atoms. The Morgan fingerprint density at radius 2 is 1.84 bits per heavy atom. The molecule has 0 saturated heterocycles. The van der Waals surface area contributed by atoms with E-state index in [1.807, 2.05) is 27.7 Å². The molecule has 1 aromatic heterocycles. The van der Waals surface area contributed by atoms with E-state index in [-0.39, 0.29) is 29.0 Å². The van der Waals surface area contributed by atoms with Crippen molar-refractivity contribution in [3.05, 3.63) is 20.8 Å². The number of nitrogens with two attached hydrogens (primary N) is 1. The molecule has 0 aromatic carbocycles. The van der Waals surface area contributed by atoms with Crippen molar-refractivity contribution in [3.8, 4) is 0 Å². The van der Waals surface area contributed by atoms with E-state index in [4.69, 9.17) is 5.73 Å². The molecule has 1 rings (SSSR count). The number of nitrogens with one attached hydrogen (secondary N) is 1. The van der Waals surface area contributed by atoms with E-state index >= 15 is 0 Å². The van der Waals surface area contributed by atoms with E-state index in [2.05, 4.69) is 5.32 Å². The summed E-state index contributed by atoms with van der Waals surface area (Å²) in [5.41, 5.74) is 5.57. The number of hydrogen-bond acceptors (Lipinski definition) is 4. The second kappa shape index (κ2) is 5.95. The Morgan fingerprint density at radius 3 is 2.32 bits per heavy atom. The van der Waals surface area contributed by atoms with E-state index in [0.717, 1.165) is 11.0 Å². The van der Waals surface area contributed by atoms with Gasteiger partial charge in [-0.15, -0.1) is 0 Å². The summed E-state index contributed by atoms with van der Waals surface area (Å²) in [6.07, 6.45) is 0.867. The first-order valence-electron chi connectivity index (χ1n) is 6.65. The normalized spacial score (nSPS) is 12.7. The molecule has 3 N–H and O–H groups in total. The molecule has 6 heteroatoms. The van der Waals surface area contributed by atoms with Gasteiger partial charge < -0.3 is 11.1 Å². The van der Waals surface area contributed by atoms with Gasteiger partial charge >= 0.3 is 5.69 Å². The zero-order valence-corrected chi connectivity index (χ0v) is 12.4. The van der Waals surface area contributed by atoms with Crippen LogP contribution in [-0.4, -0.2) is 15.2 Å². The van der Waals surface area contributed by atoms with Gasteiger partial charge in [0.15, 0.2) is 0 Å². The SMILES string of the molecule is CCC(C)Nc1c(N)n(CC(C)C)c(=O)n(C)c1=O. The van der Waals surface area contributed by atoms with Gasteiger partial charge in [-0.1, -0.05) is 20.8 Å². The van der Waals surface area contributed by atoms with E-state index in [0.29, 0.717) is 12.2 Å². The molecule has 108 valence electrons. The zero-order valence-electron chi connectivity index (χ0n) is 12.4. The lowest BCUT2D eigenvalue weighted by Crippen LogP contribution is -2.42. The third-order valence-corrected chi connectivity index (χ3v) is 3.13. The van der Waals surface area contributed by atoms with Crippen molar-refractivity contribution in [3.63, 3.8) is 0 Å². The van der Waals surface area contributed by atoms with Crippen molar-refractivity contribution in [1.29, 1.82) is 0 Å². The quantitative estimate of drug-likeness (QED) is 0.834. The molecule has 0 radical (unpaired) electrons. The predicted octanol–water partition coefficient (Wildman–Crippen LogP) is 0.996. The molecule has 1 heterocycles. The van der Waals surface area contributed by atoms with Gasteiger partial charge in [0.2, 0.25) is 0 Å². The fourth-order valence-corrected chi connectivity index (χ4v) is 1.81. The second-order valence-electron chi connectivity index (χ2n) is 5.37. The number of anilines is 2. The van der Waals surface area contributed by atoms with E-state index in [1.54, 1.807) is 0 Å². The van der Waals surface area contributed by atoms with E-state index in [1.165, 1.54) is 11.6 Å². The molecule has 0 aliphatic heterocycles. The molecular formula is C13H24N4O2. The lowest BCUT2D eigenvalue weighted by Gasteiger charge is -2.19. The number of hydrogen-bond donors (Lipinski definition) is 2. The van der Waals surface area contributed by atoms with Crippen molar-refractivity contribution < 1.29 is 0 Å². The number of nitrogen functional groups attached to an aromatic ring is 1. The Bertz CT molecular complexity index is 557. The molecule has 0 fully saturated rings. The van der Waals surface area contributed by atoms with Crippen LogP contribution in [0.4, 0.5) is 11.5 Å². The molecule has 1 aromatic rings. The first kappa shape index (κ1) is 15.3. The summed E-state index contributed by atoms with van der Waals surface area (Å²) in [6.45, 7) is 8.48. The molecule has 0 saturated carbocycles. The van der Waals surface area contributed by atoms with Gasteiger partial charge in [-0.3, -0.25) is 13.9 Å². The Kier molecular flexibility index (Phi) is 4.80. The van der Waals surface area contributed by atoms with Crippen LogP contribution >= 0.6 is 0 Å². The molecule has 19 heavy (non-hydrogen) atoms. The van der Waals surface area contributed by atoms with Crippen LogP contribution in [0.3, 0.4) is 0 Å². The molecular weight excluding hydrogens is 244 g/mol. The van der Waals surface area contributed by atoms with Crippen molar-refractivity contribution in [1.82, 2.24) is 9.13 Å². The fraction of sp³-hybridized carbons (Fsp3) is 0.692. The molecule has 0 spiro atoms.